The highest BCUT2D eigenvalue weighted by atomic mass is 15.2. The smallest absolute Gasteiger partial charge is 0.0672 e. The van der Waals surface area contributed by atoms with E-state index >= 15 is 0 Å². The van der Waals surface area contributed by atoms with Crippen LogP contribution < -0.4 is 0 Å². The Labute approximate surface area is 128 Å². The maximum absolute atomic E-state index is 9.48. The summed E-state index contributed by atoms with van der Waals surface area (Å²) in [6.45, 7) is 7.83. The molecule has 1 heterocycles. The van der Waals surface area contributed by atoms with E-state index in [4.69, 9.17) is 0 Å². The van der Waals surface area contributed by atoms with E-state index < -0.39 is 0 Å². The van der Waals surface area contributed by atoms with Crippen molar-refractivity contribution in [2.75, 3.05) is 7.05 Å². The molecular formula is C17H28N4. The Bertz CT molecular complexity index is 506. The molecule has 4 nitrogen and oxygen atoms in total. The molecule has 1 aromatic heterocycles. The van der Waals surface area contributed by atoms with Crippen LogP contribution in [0.3, 0.4) is 0 Å². The van der Waals surface area contributed by atoms with Crippen molar-refractivity contribution in [1.29, 1.82) is 5.26 Å². The van der Waals surface area contributed by atoms with Gasteiger partial charge in [0.25, 0.3) is 0 Å². The Kier molecular flexibility index (Phi) is 4.73. The van der Waals surface area contributed by atoms with Gasteiger partial charge in [0.15, 0.2) is 0 Å². The molecule has 1 aliphatic carbocycles. The molecule has 0 aromatic carbocycles. The van der Waals surface area contributed by atoms with Crippen molar-refractivity contribution in [3.05, 3.63) is 18.0 Å². The highest BCUT2D eigenvalue weighted by Gasteiger charge is 2.37. The van der Waals surface area contributed by atoms with Gasteiger partial charge in [0, 0.05) is 31.4 Å². The van der Waals surface area contributed by atoms with Crippen LogP contribution in [-0.4, -0.2) is 27.8 Å². The Hall–Kier alpha value is -1.34. The lowest BCUT2D eigenvalue weighted by atomic mass is 9.68. The average Bonchev–Trinajstić information content (AvgIpc) is 2.82. The quantitative estimate of drug-likeness (QED) is 0.858. The number of nitriles is 1. The second-order valence-corrected chi connectivity index (χ2v) is 7.62. The van der Waals surface area contributed by atoms with Gasteiger partial charge in [-0.1, -0.05) is 20.8 Å². The fraction of sp³-hybridized carbons (Fsp3) is 0.765. The summed E-state index contributed by atoms with van der Waals surface area (Å²) in [7, 11) is 4.09. The van der Waals surface area contributed by atoms with Crippen LogP contribution in [0.1, 0.15) is 45.6 Å². The van der Waals surface area contributed by atoms with Gasteiger partial charge in [0.05, 0.1) is 18.2 Å². The second kappa shape index (κ2) is 6.19. The minimum Gasteiger partial charge on any atom is -0.298 e. The van der Waals surface area contributed by atoms with Crippen molar-refractivity contribution in [2.45, 2.75) is 52.6 Å². The minimum absolute atomic E-state index is 0.158. The maximum Gasteiger partial charge on any atom is 0.0672 e. The van der Waals surface area contributed by atoms with Crippen LogP contribution in [0.2, 0.25) is 0 Å². The lowest BCUT2D eigenvalue weighted by molar-refractivity contribution is 0.0713. The summed E-state index contributed by atoms with van der Waals surface area (Å²) in [5.74, 6) is 0.855. The zero-order chi connectivity index (χ0) is 15.6. The molecule has 4 heteroatoms. The van der Waals surface area contributed by atoms with Gasteiger partial charge in [0.2, 0.25) is 0 Å². The fourth-order valence-electron chi connectivity index (χ4n) is 3.53. The third-order valence-corrected chi connectivity index (χ3v) is 4.96. The first-order valence-corrected chi connectivity index (χ1v) is 7.88. The lowest BCUT2D eigenvalue weighted by Crippen LogP contribution is -2.44. The number of rotatable bonds is 3. The summed E-state index contributed by atoms with van der Waals surface area (Å²) in [5, 5.41) is 13.7. The van der Waals surface area contributed by atoms with Crippen LogP contribution in [0.5, 0.6) is 0 Å². The number of aryl methyl sites for hydroxylation is 1. The summed E-state index contributed by atoms with van der Waals surface area (Å²) in [6, 6.07) is 2.89. The van der Waals surface area contributed by atoms with E-state index in [-0.39, 0.29) is 5.92 Å². The highest BCUT2D eigenvalue weighted by molar-refractivity contribution is 5.05. The van der Waals surface area contributed by atoms with Gasteiger partial charge < -0.3 is 0 Å². The summed E-state index contributed by atoms with van der Waals surface area (Å²) < 4.78 is 1.84. The Morgan fingerprint density at radius 2 is 2.14 bits per heavy atom. The molecule has 0 bridgehead atoms. The summed E-state index contributed by atoms with van der Waals surface area (Å²) in [4.78, 5) is 2.35. The van der Waals surface area contributed by atoms with E-state index in [1.165, 1.54) is 12.0 Å². The van der Waals surface area contributed by atoms with Gasteiger partial charge in [-0.05, 0) is 37.6 Å². The molecule has 0 amide bonds. The van der Waals surface area contributed by atoms with Gasteiger partial charge in [-0.15, -0.1) is 0 Å². The van der Waals surface area contributed by atoms with Crippen molar-refractivity contribution in [1.82, 2.24) is 14.7 Å². The van der Waals surface area contributed by atoms with E-state index in [0.29, 0.717) is 17.4 Å². The predicted octanol–water partition coefficient (Wildman–Crippen LogP) is 3.21. The van der Waals surface area contributed by atoms with Crippen LogP contribution in [0.4, 0.5) is 0 Å². The molecule has 0 saturated heterocycles. The van der Waals surface area contributed by atoms with Crippen LogP contribution >= 0.6 is 0 Å². The molecular weight excluding hydrogens is 260 g/mol. The molecule has 0 N–H and O–H groups in total. The van der Waals surface area contributed by atoms with E-state index in [9.17, 15) is 5.26 Å². The number of hydrogen-bond acceptors (Lipinski definition) is 3. The highest BCUT2D eigenvalue weighted by Crippen LogP contribution is 2.41. The first kappa shape index (κ1) is 16.0. The zero-order valence-corrected chi connectivity index (χ0v) is 14.0. The third-order valence-electron chi connectivity index (χ3n) is 4.96. The molecule has 116 valence electrons. The molecule has 1 saturated carbocycles. The molecule has 0 spiro atoms. The number of nitrogens with zero attached hydrogens (tertiary/aromatic N) is 4. The molecule has 1 fully saturated rings. The number of hydrogen-bond donors (Lipinski definition) is 0. The second-order valence-electron chi connectivity index (χ2n) is 7.62. The number of aromatic nitrogens is 2. The van der Waals surface area contributed by atoms with Crippen LogP contribution in [0.25, 0.3) is 0 Å². The Morgan fingerprint density at radius 1 is 1.43 bits per heavy atom. The normalized spacial score (nSPS) is 26.8. The standard InChI is InChI=1S/C17H28N4/c1-17(2,3)15-7-6-14(9-18)16(8-15)20(4)11-13-10-19-21(5)12-13/h10,12,14-16H,6-8,11H2,1-5H3. The van der Waals surface area contributed by atoms with Crippen molar-refractivity contribution in [2.24, 2.45) is 24.3 Å². The summed E-state index contributed by atoms with van der Waals surface area (Å²) >= 11 is 0. The average molecular weight is 288 g/mol. The van der Waals surface area contributed by atoms with Crippen LogP contribution in [-0.2, 0) is 13.6 Å². The Balaban J connectivity index is 2.08. The van der Waals surface area contributed by atoms with Crippen LogP contribution in [0, 0.1) is 28.6 Å². The summed E-state index contributed by atoms with van der Waals surface area (Å²) in [5.41, 5.74) is 1.54. The molecule has 0 aliphatic heterocycles. The summed E-state index contributed by atoms with van der Waals surface area (Å²) in [6.07, 6.45) is 7.31. The van der Waals surface area contributed by atoms with Gasteiger partial charge in [0.1, 0.15) is 0 Å². The largest absolute Gasteiger partial charge is 0.298 e. The van der Waals surface area contributed by atoms with E-state index in [2.05, 4.69) is 50.1 Å². The third kappa shape index (κ3) is 3.85. The van der Waals surface area contributed by atoms with E-state index in [1.54, 1.807) is 0 Å². The molecule has 0 radical (unpaired) electrons. The predicted molar refractivity (Wildman–Crippen MR) is 84.4 cm³/mol. The van der Waals surface area contributed by atoms with Gasteiger partial charge in [-0.25, -0.2) is 0 Å². The monoisotopic (exact) mass is 288 g/mol. The fourth-order valence-corrected chi connectivity index (χ4v) is 3.53. The van der Waals surface area contributed by atoms with Crippen molar-refractivity contribution >= 4 is 0 Å². The van der Waals surface area contributed by atoms with Crippen molar-refractivity contribution < 1.29 is 0 Å². The van der Waals surface area contributed by atoms with Gasteiger partial charge in [-0.2, -0.15) is 10.4 Å². The van der Waals surface area contributed by atoms with Gasteiger partial charge >= 0.3 is 0 Å². The minimum atomic E-state index is 0.158. The lowest BCUT2D eigenvalue weighted by Gasteiger charge is -2.43. The Morgan fingerprint density at radius 3 is 2.67 bits per heavy atom. The van der Waals surface area contributed by atoms with Crippen LogP contribution in [0.15, 0.2) is 12.4 Å². The van der Waals surface area contributed by atoms with E-state index in [1.807, 2.05) is 17.9 Å². The van der Waals surface area contributed by atoms with Crippen molar-refractivity contribution in [3.63, 3.8) is 0 Å². The topological polar surface area (TPSA) is 44.9 Å². The molecule has 3 unspecified atom stereocenters. The van der Waals surface area contributed by atoms with Gasteiger partial charge in [-0.3, -0.25) is 9.58 Å². The molecule has 3 atom stereocenters. The molecule has 2 rings (SSSR count). The SMILES string of the molecule is CN(Cc1cnn(C)c1)C1CC(C(C)(C)C)CCC1C#N. The first-order valence-electron chi connectivity index (χ1n) is 7.88. The molecule has 1 aromatic rings. The zero-order valence-electron chi connectivity index (χ0n) is 14.0. The maximum atomic E-state index is 9.48. The first-order chi connectivity index (χ1) is 9.81. The van der Waals surface area contributed by atoms with Crippen molar-refractivity contribution in [3.8, 4) is 6.07 Å². The van der Waals surface area contributed by atoms with E-state index in [0.717, 1.165) is 19.4 Å². The molecule has 21 heavy (non-hydrogen) atoms. The molecule has 1 aliphatic rings.